The van der Waals surface area contributed by atoms with E-state index < -0.39 is 5.91 Å². The van der Waals surface area contributed by atoms with Crippen LogP contribution in [0.1, 0.15) is 29.0 Å². The van der Waals surface area contributed by atoms with Crippen LogP contribution in [0, 0.1) is 6.92 Å². The molecule has 5 heteroatoms. The van der Waals surface area contributed by atoms with Crippen molar-refractivity contribution >= 4 is 11.6 Å². The highest BCUT2D eigenvalue weighted by atomic mass is 16.3. The molecule has 0 fully saturated rings. The van der Waals surface area contributed by atoms with Crippen LogP contribution in [-0.4, -0.2) is 11.6 Å². The average molecular weight is 232 g/mol. The molecule has 17 heavy (non-hydrogen) atoms. The van der Waals surface area contributed by atoms with E-state index in [-0.39, 0.29) is 5.76 Å². The molecule has 2 rings (SSSR count). The van der Waals surface area contributed by atoms with Gasteiger partial charge in [-0.25, -0.2) is 5.43 Å². The molecule has 0 aliphatic carbocycles. The topological polar surface area (TPSA) is 67.7 Å². The standard InChI is InChI=1S/C12H12N2O3/c1-8-5-6-10(17-8)9(2)13-14-12(15)11-4-3-7-16-11/h3-7H,1-2H3,(H,14,15)/b13-9-. The van der Waals surface area contributed by atoms with E-state index in [9.17, 15) is 4.79 Å². The Morgan fingerprint density at radius 2 is 2.12 bits per heavy atom. The summed E-state index contributed by atoms with van der Waals surface area (Å²) in [5.74, 6) is 1.25. The normalized spacial score (nSPS) is 11.5. The van der Waals surface area contributed by atoms with E-state index in [2.05, 4.69) is 10.5 Å². The number of hydrogen-bond acceptors (Lipinski definition) is 4. The number of carbonyl (C=O) groups is 1. The van der Waals surface area contributed by atoms with Crippen molar-refractivity contribution in [3.05, 3.63) is 47.8 Å². The van der Waals surface area contributed by atoms with Crippen molar-refractivity contribution in [1.82, 2.24) is 5.43 Å². The third kappa shape index (κ3) is 2.63. The summed E-state index contributed by atoms with van der Waals surface area (Å²) in [5, 5.41) is 3.93. The SMILES string of the molecule is C/C(=N/NC(=O)c1ccco1)c1ccc(C)o1. The van der Waals surface area contributed by atoms with Crippen LogP contribution in [0.2, 0.25) is 0 Å². The number of hydrazone groups is 1. The lowest BCUT2D eigenvalue weighted by Gasteiger charge is -1.98. The number of carbonyl (C=O) groups excluding carboxylic acids is 1. The summed E-state index contributed by atoms with van der Waals surface area (Å²) in [6, 6.07) is 6.84. The fraction of sp³-hybridized carbons (Fsp3) is 0.167. The summed E-state index contributed by atoms with van der Waals surface area (Å²) in [4.78, 5) is 11.5. The van der Waals surface area contributed by atoms with Gasteiger partial charge in [0.05, 0.1) is 6.26 Å². The molecular formula is C12H12N2O3. The van der Waals surface area contributed by atoms with Crippen molar-refractivity contribution in [2.24, 2.45) is 5.10 Å². The molecule has 0 atom stereocenters. The number of nitrogens with one attached hydrogen (secondary N) is 1. The minimum absolute atomic E-state index is 0.220. The highest BCUT2D eigenvalue weighted by molar-refractivity contribution is 5.98. The summed E-state index contributed by atoms with van der Waals surface area (Å²) >= 11 is 0. The molecule has 0 saturated heterocycles. The van der Waals surface area contributed by atoms with Crippen molar-refractivity contribution in [1.29, 1.82) is 0 Å². The van der Waals surface area contributed by atoms with Crippen LogP contribution in [0.4, 0.5) is 0 Å². The summed E-state index contributed by atoms with van der Waals surface area (Å²) < 4.78 is 10.3. The largest absolute Gasteiger partial charge is 0.460 e. The zero-order valence-electron chi connectivity index (χ0n) is 9.56. The molecular weight excluding hydrogens is 220 g/mol. The molecule has 0 spiro atoms. The Hall–Kier alpha value is -2.30. The lowest BCUT2D eigenvalue weighted by Crippen LogP contribution is -2.18. The number of nitrogens with zero attached hydrogens (tertiary/aromatic N) is 1. The summed E-state index contributed by atoms with van der Waals surface area (Å²) in [6.07, 6.45) is 1.43. The predicted molar refractivity (Wildman–Crippen MR) is 61.8 cm³/mol. The van der Waals surface area contributed by atoms with Gasteiger partial charge in [0.2, 0.25) is 0 Å². The molecule has 0 unspecified atom stereocenters. The molecule has 0 aromatic carbocycles. The molecule has 1 N–H and O–H groups in total. The van der Waals surface area contributed by atoms with Crippen molar-refractivity contribution in [2.75, 3.05) is 0 Å². The van der Waals surface area contributed by atoms with Gasteiger partial charge < -0.3 is 8.83 Å². The minimum Gasteiger partial charge on any atom is -0.460 e. The van der Waals surface area contributed by atoms with E-state index in [0.29, 0.717) is 11.5 Å². The fourth-order valence-corrected chi connectivity index (χ4v) is 1.28. The Morgan fingerprint density at radius 3 is 2.71 bits per heavy atom. The van der Waals surface area contributed by atoms with Crippen LogP contribution in [0.25, 0.3) is 0 Å². The second-order valence-corrected chi connectivity index (χ2v) is 3.53. The van der Waals surface area contributed by atoms with Crippen LogP contribution in [0.15, 0.2) is 44.5 Å². The maximum Gasteiger partial charge on any atom is 0.307 e. The van der Waals surface area contributed by atoms with Crippen molar-refractivity contribution < 1.29 is 13.6 Å². The maximum absolute atomic E-state index is 11.5. The van der Waals surface area contributed by atoms with Gasteiger partial charge in [0.1, 0.15) is 17.2 Å². The van der Waals surface area contributed by atoms with Crippen LogP contribution >= 0.6 is 0 Å². The smallest absolute Gasteiger partial charge is 0.307 e. The predicted octanol–water partition coefficient (Wildman–Crippen LogP) is 2.34. The first-order chi connectivity index (χ1) is 8.16. The molecule has 2 heterocycles. The van der Waals surface area contributed by atoms with Gasteiger partial charge in [0.15, 0.2) is 5.76 Å². The van der Waals surface area contributed by atoms with Crippen molar-refractivity contribution in [2.45, 2.75) is 13.8 Å². The number of amides is 1. The molecule has 0 aliphatic heterocycles. The maximum atomic E-state index is 11.5. The van der Waals surface area contributed by atoms with E-state index >= 15 is 0 Å². The van der Waals surface area contributed by atoms with Crippen LogP contribution < -0.4 is 5.43 Å². The van der Waals surface area contributed by atoms with Crippen molar-refractivity contribution in [3.8, 4) is 0 Å². The molecule has 2 aromatic rings. The Kier molecular flexibility index (Phi) is 3.09. The molecule has 5 nitrogen and oxygen atoms in total. The van der Waals surface area contributed by atoms with E-state index in [1.807, 2.05) is 13.0 Å². The molecule has 0 aliphatic rings. The first-order valence-corrected chi connectivity index (χ1v) is 5.12. The zero-order chi connectivity index (χ0) is 12.3. The molecule has 1 amide bonds. The van der Waals surface area contributed by atoms with Gasteiger partial charge in [-0.05, 0) is 38.1 Å². The minimum atomic E-state index is -0.391. The van der Waals surface area contributed by atoms with Gasteiger partial charge in [-0.1, -0.05) is 0 Å². The zero-order valence-corrected chi connectivity index (χ0v) is 9.56. The molecule has 0 bridgehead atoms. The fourth-order valence-electron chi connectivity index (χ4n) is 1.28. The number of furan rings is 2. The van der Waals surface area contributed by atoms with Gasteiger partial charge in [0, 0.05) is 0 Å². The third-order valence-corrected chi connectivity index (χ3v) is 2.17. The molecule has 2 aromatic heterocycles. The van der Waals surface area contributed by atoms with E-state index in [4.69, 9.17) is 8.83 Å². The first-order valence-electron chi connectivity index (χ1n) is 5.12. The second kappa shape index (κ2) is 4.69. The van der Waals surface area contributed by atoms with Gasteiger partial charge in [0.25, 0.3) is 0 Å². The number of rotatable bonds is 3. The number of aryl methyl sites for hydroxylation is 1. The lowest BCUT2D eigenvalue weighted by atomic mass is 10.3. The highest BCUT2D eigenvalue weighted by Gasteiger charge is 2.08. The third-order valence-electron chi connectivity index (χ3n) is 2.17. The molecule has 88 valence electrons. The number of hydrogen-bond donors (Lipinski definition) is 1. The second-order valence-electron chi connectivity index (χ2n) is 3.53. The van der Waals surface area contributed by atoms with Gasteiger partial charge in [-0.2, -0.15) is 5.10 Å². The van der Waals surface area contributed by atoms with Crippen molar-refractivity contribution in [3.63, 3.8) is 0 Å². The summed E-state index contributed by atoms with van der Waals surface area (Å²) in [6.45, 7) is 3.60. The highest BCUT2D eigenvalue weighted by Crippen LogP contribution is 2.07. The summed E-state index contributed by atoms with van der Waals surface area (Å²) in [5.41, 5.74) is 2.98. The van der Waals surface area contributed by atoms with Gasteiger partial charge >= 0.3 is 5.91 Å². The van der Waals surface area contributed by atoms with Gasteiger partial charge in [-0.3, -0.25) is 4.79 Å². The Bertz CT molecular complexity index is 538. The van der Waals surface area contributed by atoms with E-state index in [1.54, 1.807) is 25.1 Å². The first kappa shape index (κ1) is 11.2. The Labute approximate surface area is 98.1 Å². The summed E-state index contributed by atoms with van der Waals surface area (Å²) in [7, 11) is 0. The van der Waals surface area contributed by atoms with Crippen LogP contribution in [-0.2, 0) is 0 Å². The molecule has 0 saturated carbocycles. The monoisotopic (exact) mass is 232 g/mol. The van der Waals surface area contributed by atoms with E-state index in [1.165, 1.54) is 6.26 Å². The molecule has 0 radical (unpaired) electrons. The van der Waals surface area contributed by atoms with Crippen LogP contribution in [0.3, 0.4) is 0 Å². The van der Waals surface area contributed by atoms with E-state index in [0.717, 1.165) is 5.76 Å². The Morgan fingerprint density at radius 1 is 1.29 bits per heavy atom. The quantitative estimate of drug-likeness (QED) is 0.652. The Balaban J connectivity index is 2.04. The average Bonchev–Trinajstić information content (AvgIpc) is 2.95. The van der Waals surface area contributed by atoms with Crippen LogP contribution in [0.5, 0.6) is 0 Å². The van der Waals surface area contributed by atoms with Gasteiger partial charge in [-0.15, -0.1) is 0 Å². The lowest BCUT2D eigenvalue weighted by molar-refractivity contribution is 0.0927.